The van der Waals surface area contributed by atoms with Crippen LogP contribution < -0.4 is 0 Å². The Kier molecular flexibility index (Phi) is 8.99. The van der Waals surface area contributed by atoms with Crippen molar-refractivity contribution >= 4 is 46.7 Å². The quantitative estimate of drug-likeness (QED) is 0.244. The van der Waals surface area contributed by atoms with E-state index in [-0.39, 0.29) is 32.7 Å². The van der Waals surface area contributed by atoms with Gasteiger partial charge in [0.05, 0.1) is 21.2 Å². The van der Waals surface area contributed by atoms with Crippen LogP contribution in [0.15, 0.2) is 24.3 Å². The first-order chi connectivity index (χ1) is 15.1. The molecule has 0 spiro atoms. The van der Waals surface area contributed by atoms with Gasteiger partial charge >= 0.3 is 11.9 Å². The minimum absolute atomic E-state index is 0.0612. The van der Waals surface area contributed by atoms with Gasteiger partial charge in [-0.05, 0) is 62.1 Å². The van der Waals surface area contributed by atoms with Crippen molar-refractivity contribution in [1.82, 2.24) is 0 Å². The maximum Gasteiger partial charge on any atom is 0.386 e. The smallest absolute Gasteiger partial charge is 0.294 e. The Bertz CT molecular complexity index is 989. The van der Waals surface area contributed by atoms with Crippen molar-refractivity contribution in [1.29, 1.82) is 0 Å². The molecule has 0 saturated carbocycles. The van der Waals surface area contributed by atoms with Gasteiger partial charge in [-0.1, -0.05) is 37.0 Å². The lowest BCUT2D eigenvalue weighted by Crippen LogP contribution is -2.15. The minimum atomic E-state index is -0.939. The molecule has 0 atom stereocenters. The monoisotopic (exact) mass is 478 g/mol. The molecule has 0 unspecified atom stereocenters. The SMILES string of the molecule is CCCC(=O)c1ccc(C(=O)OOC(=O)c2ccc(C(=O)CCC)c(Cl)c2C)c(C)c1Cl. The summed E-state index contributed by atoms with van der Waals surface area (Å²) in [6.07, 6.45) is 2.02. The molecule has 0 aliphatic heterocycles. The van der Waals surface area contributed by atoms with Gasteiger partial charge < -0.3 is 0 Å². The van der Waals surface area contributed by atoms with Crippen LogP contribution >= 0.6 is 23.2 Å². The van der Waals surface area contributed by atoms with Gasteiger partial charge in [0.1, 0.15) is 0 Å². The summed E-state index contributed by atoms with van der Waals surface area (Å²) in [5.74, 6) is -2.13. The van der Waals surface area contributed by atoms with Crippen molar-refractivity contribution in [2.45, 2.75) is 53.4 Å². The summed E-state index contributed by atoms with van der Waals surface area (Å²) in [6, 6.07) is 5.69. The lowest BCUT2D eigenvalue weighted by atomic mass is 10.0. The molecule has 0 saturated heterocycles. The van der Waals surface area contributed by atoms with Crippen LogP contribution in [0.25, 0.3) is 0 Å². The Labute approximate surface area is 196 Å². The van der Waals surface area contributed by atoms with Gasteiger partial charge in [-0.25, -0.2) is 19.4 Å². The van der Waals surface area contributed by atoms with Crippen LogP contribution in [0.5, 0.6) is 0 Å². The van der Waals surface area contributed by atoms with E-state index in [1.54, 1.807) is 13.8 Å². The predicted molar refractivity (Wildman–Crippen MR) is 122 cm³/mol. The molecule has 8 heteroatoms. The van der Waals surface area contributed by atoms with Crippen LogP contribution in [0.4, 0.5) is 0 Å². The highest BCUT2D eigenvalue weighted by atomic mass is 35.5. The second kappa shape index (κ2) is 11.2. The number of carbonyl (C=O) groups is 4. The van der Waals surface area contributed by atoms with E-state index < -0.39 is 11.9 Å². The van der Waals surface area contributed by atoms with Crippen molar-refractivity contribution in [3.05, 3.63) is 67.7 Å². The Morgan fingerprint density at radius 2 is 0.969 bits per heavy atom. The van der Waals surface area contributed by atoms with E-state index in [0.29, 0.717) is 47.9 Å². The number of hydrogen-bond acceptors (Lipinski definition) is 6. The van der Waals surface area contributed by atoms with Crippen LogP contribution in [-0.2, 0) is 9.78 Å². The Morgan fingerprint density at radius 1 is 0.656 bits per heavy atom. The van der Waals surface area contributed by atoms with Crippen LogP contribution in [0.1, 0.15) is 92.1 Å². The van der Waals surface area contributed by atoms with E-state index in [0.717, 1.165) is 0 Å². The number of ketones is 2. The summed E-state index contributed by atoms with van der Waals surface area (Å²) in [5, 5.41) is 0.304. The highest BCUT2D eigenvalue weighted by molar-refractivity contribution is 6.35. The Hall–Kier alpha value is -2.70. The summed E-state index contributed by atoms with van der Waals surface area (Å²) in [7, 11) is 0. The van der Waals surface area contributed by atoms with Gasteiger partial charge in [0, 0.05) is 24.0 Å². The number of benzene rings is 2. The van der Waals surface area contributed by atoms with Gasteiger partial charge in [0.25, 0.3) is 0 Å². The first kappa shape index (κ1) is 25.6. The molecular weight excluding hydrogens is 455 g/mol. The van der Waals surface area contributed by atoms with Crippen molar-refractivity contribution in [3.63, 3.8) is 0 Å². The fourth-order valence-electron chi connectivity index (χ4n) is 3.13. The molecule has 6 nitrogen and oxygen atoms in total. The van der Waals surface area contributed by atoms with E-state index in [1.165, 1.54) is 24.3 Å². The molecule has 0 fully saturated rings. The Morgan fingerprint density at radius 3 is 1.28 bits per heavy atom. The second-order valence-electron chi connectivity index (χ2n) is 7.29. The molecule has 0 bridgehead atoms. The van der Waals surface area contributed by atoms with Crippen LogP contribution in [0.2, 0.25) is 10.0 Å². The largest absolute Gasteiger partial charge is 0.386 e. The molecule has 0 aromatic heterocycles. The topological polar surface area (TPSA) is 86.7 Å². The molecule has 0 amide bonds. The number of carbonyl (C=O) groups excluding carboxylic acids is 4. The minimum Gasteiger partial charge on any atom is -0.294 e. The van der Waals surface area contributed by atoms with E-state index in [1.807, 2.05) is 13.8 Å². The van der Waals surface area contributed by atoms with Gasteiger partial charge in [-0.2, -0.15) is 0 Å². The standard InChI is InChI=1S/C24H24Cl2O6/c1-5-7-19(27)17-11-9-15(13(3)21(17)25)23(29)31-32-24(30)16-10-12-18(20(28)8-6-2)22(26)14(16)4/h9-12H,5-8H2,1-4H3. The first-order valence-corrected chi connectivity index (χ1v) is 11.0. The zero-order valence-corrected chi connectivity index (χ0v) is 19.9. The number of Topliss-reactive ketones (excluding diaryl/α,β-unsaturated/α-hetero) is 2. The molecule has 170 valence electrons. The third-order valence-electron chi connectivity index (χ3n) is 4.96. The number of halogens is 2. The van der Waals surface area contributed by atoms with Gasteiger partial charge in [-0.3, -0.25) is 9.59 Å². The van der Waals surface area contributed by atoms with Crippen LogP contribution in [-0.4, -0.2) is 23.5 Å². The molecule has 2 aromatic carbocycles. The molecule has 0 heterocycles. The van der Waals surface area contributed by atoms with Crippen LogP contribution in [0.3, 0.4) is 0 Å². The zero-order chi connectivity index (χ0) is 24.0. The van der Waals surface area contributed by atoms with Gasteiger partial charge in [0.15, 0.2) is 11.6 Å². The van der Waals surface area contributed by atoms with Crippen molar-refractivity contribution in [2.75, 3.05) is 0 Å². The predicted octanol–water partition coefficient (Wildman–Crippen LogP) is 6.50. The van der Waals surface area contributed by atoms with Gasteiger partial charge in [0.2, 0.25) is 0 Å². The molecule has 2 rings (SSSR count). The molecule has 0 N–H and O–H groups in total. The highest BCUT2D eigenvalue weighted by Crippen LogP contribution is 2.28. The summed E-state index contributed by atoms with van der Waals surface area (Å²) in [4.78, 5) is 58.5. The zero-order valence-electron chi connectivity index (χ0n) is 18.3. The van der Waals surface area contributed by atoms with Gasteiger partial charge in [-0.15, -0.1) is 0 Å². The number of rotatable bonds is 8. The van der Waals surface area contributed by atoms with Crippen molar-refractivity contribution < 1.29 is 29.0 Å². The van der Waals surface area contributed by atoms with Crippen molar-refractivity contribution in [3.8, 4) is 0 Å². The molecule has 0 aliphatic carbocycles. The average molecular weight is 479 g/mol. The molecule has 32 heavy (non-hydrogen) atoms. The molecular formula is C24H24Cl2O6. The highest BCUT2D eigenvalue weighted by Gasteiger charge is 2.23. The maximum atomic E-state index is 12.4. The lowest BCUT2D eigenvalue weighted by molar-refractivity contribution is -0.187. The maximum absolute atomic E-state index is 12.4. The molecule has 0 radical (unpaired) electrons. The fourth-order valence-corrected chi connectivity index (χ4v) is 3.67. The third kappa shape index (κ3) is 5.56. The third-order valence-corrected chi connectivity index (χ3v) is 5.93. The summed E-state index contributed by atoms with van der Waals surface area (Å²) in [5.41, 5.74) is 1.45. The first-order valence-electron chi connectivity index (χ1n) is 10.2. The van der Waals surface area contributed by atoms with Crippen molar-refractivity contribution in [2.24, 2.45) is 0 Å². The van der Waals surface area contributed by atoms with E-state index in [9.17, 15) is 19.2 Å². The lowest BCUT2D eigenvalue weighted by Gasteiger charge is -2.12. The fraction of sp³-hybridized carbons (Fsp3) is 0.333. The second-order valence-corrected chi connectivity index (χ2v) is 8.04. The van der Waals surface area contributed by atoms with E-state index in [2.05, 4.69) is 0 Å². The summed E-state index contributed by atoms with van der Waals surface area (Å²) < 4.78 is 0. The van der Waals surface area contributed by atoms with E-state index in [4.69, 9.17) is 33.0 Å². The van der Waals surface area contributed by atoms with E-state index >= 15 is 0 Å². The number of hydrogen-bond donors (Lipinski definition) is 0. The molecule has 0 aliphatic rings. The summed E-state index contributed by atoms with van der Waals surface area (Å²) >= 11 is 12.5. The molecule has 2 aromatic rings. The Balaban J connectivity index is 2.16. The summed E-state index contributed by atoms with van der Waals surface area (Å²) in [6.45, 7) is 6.90. The van der Waals surface area contributed by atoms with Crippen LogP contribution in [0, 0.1) is 13.8 Å². The normalized spacial score (nSPS) is 10.6. The average Bonchev–Trinajstić information content (AvgIpc) is 2.75.